The van der Waals surface area contributed by atoms with Gasteiger partial charge in [0.25, 0.3) is 0 Å². The quantitative estimate of drug-likeness (QED) is 0.473. The molecule has 3 aromatic carbocycles. The number of aryl methyl sites for hydroxylation is 2. The smallest absolute Gasteiger partial charge is 0.0484 e. The molecule has 3 aromatic rings. The number of rotatable bonds is 0. The molecule has 1 aliphatic carbocycles. The van der Waals surface area contributed by atoms with Gasteiger partial charge in [-0.05, 0) is 48.3 Å². The molecule has 0 spiro atoms. The van der Waals surface area contributed by atoms with Crippen LogP contribution in [0.2, 0.25) is 5.02 Å². The van der Waals surface area contributed by atoms with Crippen molar-refractivity contribution < 1.29 is 0 Å². The van der Waals surface area contributed by atoms with E-state index in [1.807, 2.05) is 30.3 Å². The van der Waals surface area contributed by atoms with Crippen molar-refractivity contribution in [3.63, 3.8) is 0 Å². The Hall–Kier alpha value is -1.79. The third-order valence-corrected chi connectivity index (χ3v) is 4.33. The summed E-state index contributed by atoms with van der Waals surface area (Å²) in [5.41, 5.74) is 3.16. The van der Waals surface area contributed by atoms with E-state index in [-0.39, 0.29) is 0 Å². The Kier molecular flexibility index (Phi) is 4.57. The van der Waals surface area contributed by atoms with E-state index in [0.29, 0.717) is 0 Å². The number of fused-ring (bicyclic) bond motifs is 2. The lowest BCUT2D eigenvalue weighted by molar-refractivity contribution is 0.685. The SMILES string of the molecule is Clc1cccc2ccccc12.c1ccc2c(c1)CCCC2. The highest BCUT2D eigenvalue weighted by atomic mass is 35.5. The lowest BCUT2D eigenvalue weighted by Gasteiger charge is -2.13. The maximum Gasteiger partial charge on any atom is 0.0484 e. The molecular weight excluding hydrogens is 276 g/mol. The van der Waals surface area contributed by atoms with Crippen molar-refractivity contribution in [2.24, 2.45) is 0 Å². The van der Waals surface area contributed by atoms with Crippen molar-refractivity contribution in [2.45, 2.75) is 25.7 Å². The summed E-state index contributed by atoms with van der Waals surface area (Å²) in [6.07, 6.45) is 5.38. The van der Waals surface area contributed by atoms with Crippen LogP contribution in [0.15, 0.2) is 66.7 Å². The average Bonchev–Trinajstić information content (AvgIpc) is 2.56. The van der Waals surface area contributed by atoms with Crippen LogP contribution in [0.3, 0.4) is 0 Å². The van der Waals surface area contributed by atoms with Crippen LogP contribution in [-0.2, 0) is 12.8 Å². The summed E-state index contributed by atoms with van der Waals surface area (Å²) in [4.78, 5) is 0. The van der Waals surface area contributed by atoms with Crippen LogP contribution >= 0.6 is 11.6 Å². The van der Waals surface area contributed by atoms with E-state index in [0.717, 1.165) is 10.4 Å². The Balaban J connectivity index is 0.000000126. The molecule has 0 unspecified atom stereocenters. The van der Waals surface area contributed by atoms with Crippen LogP contribution < -0.4 is 0 Å². The molecule has 0 N–H and O–H groups in total. The van der Waals surface area contributed by atoms with Crippen molar-refractivity contribution in [3.05, 3.63) is 82.9 Å². The highest BCUT2D eigenvalue weighted by Gasteiger charge is 2.06. The molecule has 1 aliphatic rings. The van der Waals surface area contributed by atoms with Gasteiger partial charge in [-0.2, -0.15) is 0 Å². The zero-order valence-electron chi connectivity index (χ0n) is 12.1. The molecule has 0 aliphatic heterocycles. The standard InChI is InChI=1S/C10H7Cl.C10H12/c11-10-7-3-5-8-4-1-2-6-9(8)10;1-2-6-10-8-4-3-7-9(10)5-1/h1-7H;1-2,5-6H,3-4,7-8H2. The van der Waals surface area contributed by atoms with Crippen molar-refractivity contribution in [3.8, 4) is 0 Å². The highest BCUT2D eigenvalue weighted by molar-refractivity contribution is 6.35. The summed E-state index contributed by atoms with van der Waals surface area (Å²) in [6.45, 7) is 0. The van der Waals surface area contributed by atoms with Crippen LogP contribution in [0.5, 0.6) is 0 Å². The van der Waals surface area contributed by atoms with Crippen molar-refractivity contribution in [1.82, 2.24) is 0 Å². The van der Waals surface area contributed by atoms with Gasteiger partial charge < -0.3 is 0 Å². The van der Waals surface area contributed by atoms with Crippen LogP contribution in [0, 0.1) is 0 Å². The first-order valence-electron chi connectivity index (χ1n) is 7.54. The molecule has 106 valence electrons. The molecule has 21 heavy (non-hydrogen) atoms. The minimum atomic E-state index is 0.822. The molecular formula is C20H19Cl. The van der Waals surface area contributed by atoms with Gasteiger partial charge in [0.05, 0.1) is 0 Å². The molecule has 0 radical (unpaired) electrons. The first-order valence-corrected chi connectivity index (χ1v) is 7.92. The zero-order valence-corrected chi connectivity index (χ0v) is 12.8. The summed E-state index contributed by atoms with van der Waals surface area (Å²) in [5, 5.41) is 3.14. The molecule has 0 saturated heterocycles. The lowest BCUT2D eigenvalue weighted by Crippen LogP contribution is -2.00. The van der Waals surface area contributed by atoms with E-state index in [9.17, 15) is 0 Å². The van der Waals surface area contributed by atoms with Crippen molar-refractivity contribution >= 4 is 22.4 Å². The van der Waals surface area contributed by atoms with Gasteiger partial charge in [0.1, 0.15) is 0 Å². The fourth-order valence-electron chi connectivity index (χ4n) is 2.86. The second-order valence-electron chi connectivity index (χ2n) is 5.44. The number of hydrogen-bond acceptors (Lipinski definition) is 0. The Morgan fingerprint density at radius 3 is 1.86 bits per heavy atom. The fraction of sp³-hybridized carbons (Fsp3) is 0.200. The van der Waals surface area contributed by atoms with Crippen LogP contribution in [0.25, 0.3) is 10.8 Å². The van der Waals surface area contributed by atoms with E-state index >= 15 is 0 Å². The molecule has 1 heteroatoms. The Morgan fingerprint density at radius 1 is 0.619 bits per heavy atom. The molecule has 0 heterocycles. The third-order valence-electron chi connectivity index (χ3n) is 4.00. The minimum Gasteiger partial charge on any atom is -0.0837 e. The topological polar surface area (TPSA) is 0 Å². The first-order chi connectivity index (χ1) is 10.3. The molecule has 0 atom stereocenters. The third kappa shape index (κ3) is 3.46. The van der Waals surface area contributed by atoms with Gasteiger partial charge >= 0.3 is 0 Å². The van der Waals surface area contributed by atoms with Gasteiger partial charge in [0.2, 0.25) is 0 Å². The van der Waals surface area contributed by atoms with Crippen molar-refractivity contribution in [2.75, 3.05) is 0 Å². The predicted molar refractivity (Wildman–Crippen MR) is 92.0 cm³/mol. The minimum absolute atomic E-state index is 0.822. The van der Waals surface area contributed by atoms with Gasteiger partial charge in [-0.25, -0.2) is 0 Å². The molecule has 4 rings (SSSR count). The van der Waals surface area contributed by atoms with Crippen molar-refractivity contribution in [1.29, 1.82) is 0 Å². The maximum atomic E-state index is 5.96. The lowest BCUT2D eigenvalue weighted by atomic mass is 9.92. The largest absolute Gasteiger partial charge is 0.0837 e. The molecule has 0 aromatic heterocycles. The molecule has 0 fully saturated rings. The second-order valence-corrected chi connectivity index (χ2v) is 5.84. The normalized spacial score (nSPS) is 13.2. The van der Waals surface area contributed by atoms with E-state index in [1.54, 1.807) is 11.1 Å². The monoisotopic (exact) mass is 294 g/mol. The van der Waals surface area contributed by atoms with Crippen LogP contribution in [0.1, 0.15) is 24.0 Å². The van der Waals surface area contributed by atoms with Gasteiger partial charge in [-0.3, -0.25) is 0 Å². The van der Waals surface area contributed by atoms with E-state index in [1.165, 1.54) is 31.1 Å². The predicted octanol–water partition coefficient (Wildman–Crippen LogP) is 6.06. The molecule has 0 amide bonds. The van der Waals surface area contributed by atoms with E-state index < -0.39 is 0 Å². The number of benzene rings is 3. The van der Waals surface area contributed by atoms with Gasteiger partial charge in [-0.15, -0.1) is 0 Å². The Morgan fingerprint density at radius 2 is 1.19 bits per heavy atom. The molecule has 0 bridgehead atoms. The first kappa shape index (κ1) is 14.2. The zero-order chi connectivity index (χ0) is 14.5. The van der Waals surface area contributed by atoms with Crippen LogP contribution in [-0.4, -0.2) is 0 Å². The van der Waals surface area contributed by atoms with E-state index in [4.69, 9.17) is 11.6 Å². The number of hydrogen-bond donors (Lipinski definition) is 0. The Bertz CT molecular complexity index is 700. The summed E-state index contributed by atoms with van der Waals surface area (Å²) in [5.74, 6) is 0. The summed E-state index contributed by atoms with van der Waals surface area (Å²) < 4.78 is 0. The average molecular weight is 295 g/mol. The molecule has 0 nitrogen and oxygen atoms in total. The second kappa shape index (κ2) is 6.78. The highest BCUT2D eigenvalue weighted by Crippen LogP contribution is 2.22. The van der Waals surface area contributed by atoms with Gasteiger partial charge in [0.15, 0.2) is 0 Å². The maximum absolute atomic E-state index is 5.96. The summed E-state index contributed by atoms with van der Waals surface area (Å²) >= 11 is 5.96. The number of halogens is 1. The summed E-state index contributed by atoms with van der Waals surface area (Å²) in [6, 6.07) is 22.8. The van der Waals surface area contributed by atoms with Gasteiger partial charge in [-0.1, -0.05) is 72.3 Å². The summed E-state index contributed by atoms with van der Waals surface area (Å²) in [7, 11) is 0. The van der Waals surface area contributed by atoms with Crippen LogP contribution in [0.4, 0.5) is 0 Å². The molecule has 0 saturated carbocycles. The van der Waals surface area contributed by atoms with Gasteiger partial charge in [0, 0.05) is 10.4 Å². The Labute approximate surface area is 131 Å². The fourth-order valence-corrected chi connectivity index (χ4v) is 3.11. The van der Waals surface area contributed by atoms with E-state index in [2.05, 4.69) is 36.4 Å².